The van der Waals surface area contributed by atoms with E-state index in [1.807, 2.05) is 0 Å². The largest absolute Gasteiger partial charge is 0.483 e. The van der Waals surface area contributed by atoms with Crippen LogP contribution in [0.3, 0.4) is 0 Å². The highest BCUT2D eigenvalue weighted by Crippen LogP contribution is 2.21. The number of carboxylic acid groups (broad SMARTS) is 1. The van der Waals surface area contributed by atoms with E-state index in [1.54, 1.807) is 5.57 Å². The van der Waals surface area contributed by atoms with Crippen LogP contribution in [-0.4, -0.2) is 11.6 Å². The number of rotatable bonds is 3. The molecule has 0 amide bonds. The van der Waals surface area contributed by atoms with Gasteiger partial charge in [0.1, 0.15) is 0 Å². The standard InChI is InChI=1S/C10H18.CH2O2/c1-2-3-7-10-8-5-4-6-9-10;2-1-3/h8H,2-7,9H2,1H3;1H,(H,2,3). The van der Waals surface area contributed by atoms with Crippen molar-refractivity contribution in [3.8, 4) is 0 Å². The van der Waals surface area contributed by atoms with Crippen LogP contribution in [0.5, 0.6) is 0 Å². The van der Waals surface area contributed by atoms with Gasteiger partial charge in [-0.1, -0.05) is 25.0 Å². The second-order valence-electron chi connectivity index (χ2n) is 3.32. The molecule has 2 nitrogen and oxygen atoms in total. The number of hydrogen-bond donors (Lipinski definition) is 1. The number of unbranched alkanes of at least 4 members (excludes halogenated alkanes) is 1. The Morgan fingerprint density at radius 1 is 1.54 bits per heavy atom. The fourth-order valence-electron chi connectivity index (χ4n) is 1.54. The summed E-state index contributed by atoms with van der Waals surface area (Å²) in [6.45, 7) is 2.02. The first-order chi connectivity index (χ1) is 6.35. The summed E-state index contributed by atoms with van der Waals surface area (Å²) in [5, 5.41) is 6.89. The first-order valence-corrected chi connectivity index (χ1v) is 5.11. The van der Waals surface area contributed by atoms with E-state index in [2.05, 4.69) is 13.0 Å². The van der Waals surface area contributed by atoms with E-state index >= 15 is 0 Å². The Labute approximate surface area is 80.7 Å². The smallest absolute Gasteiger partial charge is 0.290 e. The van der Waals surface area contributed by atoms with Crippen LogP contribution in [0, 0.1) is 0 Å². The highest BCUT2D eigenvalue weighted by atomic mass is 16.3. The maximum atomic E-state index is 8.36. The van der Waals surface area contributed by atoms with Crippen molar-refractivity contribution in [1.29, 1.82) is 0 Å². The molecule has 0 atom stereocenters. The second-order valence-corrected chi connectivity index (χ2v) is 3.32. The lowest BCUT2D eigenvalue weighted by molar-refractivity contribution is -0.122. The van der Waals surface area contributed by atoms with Gasteiger partial charge < -0.3 is 5.11 Å². The third-order valence-corrected chi connectivity index (χ3v) is 2.24. The third-order valence-electron chi connectivity index (χ3n) is 2.24. The first kappa shape index (κ1) is 12.2. The summed E-state index contributed by atoms with van der Waals surface area (Å²) < 4.78 is 0. The molecule has 0 bridgehead atoms. The summed E-state index contributed by atoms with van der Waals surface area (Å²) in [6, 6.07) is 0. The average molecular weight is 184 g/mol. The van der Waals surface area contributed by atoms with Crippen molar-refractivity contribution in [2.75, 3.05) is 0 Å². The molecule has 1 aliphatic rings. The topological polar surface area (TPSA) is 37.3 Å². The van der Waals surface area contributed by atoms with Crippen LogP contribution in [0.2, 0.25) is 0 Å². The molecule has 1 N–H and O–H groups in total. The number of hydrogen-bond acceptors (Lipinski definition) is 1. The van der Waals surface area contributed by atoms with Crippen LogP contribution < -0.4 is 0 Å². The molecule has 1 rings (SSSR count). The highest BCUT2D eigenvalue weighted by Gasteiger charge is 2.01. The zero-order chi connectivity index (χ0) is 9.94. The van der Waals surface area contributed by atoms with Gasteiger partial charge in [-0.15, -0.1) is 0 Å². The van der Waals surface area contributed by atoms with Crippen molar-refractivity contribution in [2.45, 2.75) is 51.9 Å². The van der Waals surface area contributed by atoms with E-state index in [0.29, 0.717) is 0 Å². The third kappa shape index (κ3) is 7.57. The number of carbonyl (C=O) groups is 1. The van der Waals surface area contributed by atoms with Crippen LogP contribution in [0.1, 0.15) is 51.9 Å². The van der Waals surface area contributed by atoms with Gasteiger partial charge in [-0.2, -0.15) is 0 Å². The molecule has 0 aromatic rings. The molecule has 1 aliphatic carbocycles. The van der Waals surface area contributed by atoms with Gasteiger partial charge in [-0.05, 0) is 38.5 Å². The molecule has 2 heteroatoms. The average Bonchev–Trinajstić information content (AvgIpc) is 2.18. The molecule has 0 spiro atoms. The van der Waals surface area contributed by atoms with Crippen LogP contribution >= 0.6 is 0 Å². The second kappa shape index (κ2) is 9.30. The number of allylic oxidation sites excluding steroid dienone is 2. The van der Waals surface area contributed by atoms with Gasteiger partial charge in [0.15, 0.2) is 0 Å². The molecular weight excluding hydrogens is 164 g/mol. The molecule has 13 heavy (non-hydrogen) atoms. The van der Waals surface area contributed by atoms with Gasteiger partial charge in [-0.25, -0.2) is 0 Å². The Morgan fingerprint density at radius 3 is 2.69 bits per heavy atom. The SMILES string of the molecule is CCCCC1=CCCCC1.O=CO. The molecule has 0 unspecified atom stereocenters. The van der Waals surface area contributed by atoms with E-state index in [-0.39, 0.29) is 6.47 Å². The predicted molar refractivity (Wildman–Crippen MR) is 54.8 cm³/mol. The van der Waals surface area contributed by atoms with E-state index in [0.717, 1.165) is 0 Å². The zero-order valence-corrected chi connectivity index (χ0v) is 8.46. The molecule has 0 aliphatic heterocycles. The van der Waals surface area contributed by atoms with Gasteiger partial charge >= 0.3 is 0 Å². The lowest BCUT2D eigenvalue weighted by Crippen LogP contribution is -1.91. The Bertz CT molecular complexity index is 150. The lowest BCUT2D eigenvalue weighted by Gasteiger charge is -2.11. The Balaban J connectivity index is 0.000000424. The lowest BCUT2D eigenvalue weighted by atomic mass is 9.96. The van der Waals surface area contributed by atoms with Crippen LogP contribution in [0.25, 0.3) is 0 Å². The minimum Gasteiger partial charge on any atom is -0.483 e. The monoisotopic (exact) mass is 184 g/mol. The summed E-state index contributed by atoms with van der Waals surface area (Å²) in [5.74, 6) is 0. The molecular formula is C11H20O2. The molecule has 0 aromatic carbocycles. The van der Waals surface area contributed by atoms with E-state index in [9.17, 15) is 0 Å². The van der Waals surface area contributed by atoms with Gasteiger partial charge in [0.2, 0.25) is 0 Å². The maximum absolute atomic E-state index is 8.36. The van der Waals surface area contributed by atoms with E-state index in [4.69, 9.17) is 9.90 Å². The summed E-state index contributed by atoms with van der Waals surface area (Å²) >= 11 is 0. The highest BCUT2D eigenvalue weighted by molar-refractivity contribution is 5.32. The normalized spacial score (nSPS) is 15.3. The van der Waals surface area contributed by atoms with Crippen molar-refractivity contribution in [3.05, 3.63) is 11.6 Å². The van der Waals surface area contributed by atoms with Crippen molar-refractivity contribution in [2.24, 2.45) is 0 Å². The molecule has 0 saturated carbocycles. The Morgan fingerprint density at radius 2 is 2.23 bits per heavy atom. The molecule has 0 heterocycles. The van der Waals surface area contributed by atoms with Gasteiger partial charge in [0, 0.05) is 0 Å². The van der Waals surface area contributed by atoms with Crippen LogP contribution in [0.4, 0.5) is 0 Å². The minimum atomic E-state index is -0.250. The van der Waals surface area contributed by atoms with E-state index in [1.165, 1.54) is 44.9 Å². The molecule has 76 valence electrons. The van der Waals surface area contributed by atoms with Crippen molar-refractivity contribution in [1.82, 2.24) is 0 Å². The van der Waals surface area contributed by atoms with Crippen molar-refractivity contribution < 1.29 is 9.90 Å². The minimum absolute atomic E-state index is 0.250. The zero-order valence-electron chi connectivity index (χ0n) is 8.46. The van der Waals surface area contributed by atoms with Crippen molar-refractivity contribution >= 4 is 6.47 Å². The van der Waals surface area contributed by atoms with Crippen LogP contribution in [-0.2, 0) is 4.79 Å². The summed E-state index contributed by atoms with van der Waals surface area (Å²) in [4.78, 5) is 8.36. The molecule has 0 radical (unpaired) electrons. The van der Waals surface area contributed by atoms with Crippen molar-refractivity contribution in [3.63, 3.8) is 0 Å². The quantitative estimate of drug-likeness (QED) is 0.539. The Hall–Kier alpha value is -0.790. The summed E-state index contributed by atoms with van der Waals surface area (Å²) in [5.41, 5.74) is 1.73. The predicted octanol–water partition coefficient (Wildman–Crippen LogP) is 3.38. The maximum Gasteiger partial charge on any atom is 0.290 e. The fraction of sp³-hybridized carbons (Fsp3) is 0.727. The van der Waals surface area contributed by atoms with Gasteiger partial charge in [0.05, 0.1) is 0 Å². The molecule has 0 fully saturated rings. The first-order valence-electron chi connectivity index (χ1n) is 5.11. The van der Waals surface area contributed by atoms with Gasteiger partial charge in [-0.3, -0.25) is 4.79 Å². The van der Waals surface area contributed by atoms with Gasteiger partial charge in [0.25, 0.3) is 6.47 Å². The fourth-order valence-corrected chi connectivity index (χ4v) is 1.54. The molecule has 0 aromatic heterocycles. The Kier molecular flexibility index (Phi) is 8.73. The van der Waals surface area contributed by atoms with Crippen LogP contribution in [0.15, 0.2) is 11.6 Å². The molecule has 0 saturated heterocycles. The summed E-state index contributed by atoms with van der Waals surface area (Å²) in [6.07, 6.45) is 12.2. The summed E-state index contributed by atoms with van der Waals surface area (Å²) in [7, 11) is 0. The van der Waals surface area contributed by atoms with E-state index < -0.39 is 0 Å².